The third-order valence-electron chi connectivity index (χ3n) is 1.10. The zero-order valence-corrected chi connectivity index (χ0v) is 9.46. The third-order valence-corrected chi connectivity index (χ3v) is 1.10. The van der Waals surface area contributed by atoms with Gasteiger partial charge in [0.25, 0.3) is 0 Å². The van der Waals surface area contributed by atoms with E-state index < -0.39 is 0 Å². The van der Waals surface area contributed by atoms with Gasteiger partial charge in [-0.05, 0) is 11.8 Å². The Morgan fingerprint density at radius 1 is 0.667 bits per heavy atom. The van der Waals surface area contributed by atoms with Crippen molar-refractivity contribution in [2.24, 2.45) is 11.8 Å². The molecular weight excluding hydrogens is 144 g/mol. The van der Waals surface area contributed by atoms with Crippen molar-refractivity contribution in [3.63, 3.8) is 0 Å². The van der Waals surface area contributed by atoms with Crippen LogP contribution >= 0.6 is 0 Å². The van der Waals surface area contributed by atoms with Crippen LogP contribution in [0.4, 0.5) is 0 Å². The third kappa shape index (κ3) is 16.2. The van der Waals surface area contributed by atoms with E-state index in [9.17, 15) is 0 Å². The van der Waals surface area contributed by atoms with Gasteiger partial charge in [-0.1, -0.05) is 65.8 Å². The minimum atomic E-state index is 0.664. The van der Waals surface area contributed by atoms with Gasteiger partial charge in [0.1, 0.15) is 0 Å². The molecule has 12 heavy (non-hydrogen) atoms. The van der Waals surface area contributed by atoms with E-state index in [0.29, 0.717) is 11.8 Å². The first-order chi connectivity index (χ1) is 5.63. The molecule has 72 valence electrons. The van der Waals surface area contributed by atoms with Crippen LogP contribution in [0.25, 0.3) is 0 Å². The lowest BCUT2D eigenvalue weighted by Gasteiger charge is -1.91. The lowest BCUT2D eigenvalue weighted by molar-refractivity contribution is 0.825. The summed E-state index contributed by atoms with van der Waals surface area (Å²) in [4.78, 5) is 0. The van der Waals surface area contributed by atoms with Crippen molar-refractivity contribution < 1.29 is 0 Å². The number of hydrogen-bond donors (Lipinski definition) is 0. The predicted molar refractivity (Wildman–Crippen MR) is 59.3 cm³/mol. The molecule has 0 radical (unpaired) electrons. The van der Waals surface area contributed by atoms with Crippen LogP contribution in [0.1, 0.15) is 41.5 Å². The molecule has 0 aliphatic carbocycles. The smallest absolute Gasteiger partial charge is 0.0287 e. The van der Waals surface area contributed by atoms with Crippen LogP contribution in [0.3, 0.4) is 0 Å². The zero-order chi connectivity index (χ0) is 9.98. The van der Waals surface area contributed by atoms with Gasteiger partial charge < -0.3 is 0 Å². The summed E-state index contributed by atoms with van der Waals surface area (Å²) in [6.07, 6.45) is 8.62. The zero-order valence-electron chi connectivity index (χ0n) is 9.46. The topological polar surface area (TPSA) is 0 Å². The molecule has 0 aromatic carbocycles. The predicted octanol–water partition coefficient (Wildman–Crippen LogP) is 4.44. The Morgan fingerprint density at radius 2 is 0.917 bits per heavy atom. The summed E-state index contributed by atoms with van der Waals surface area (Å²) in [5.41, 5.74) is 0. The van der Waals surface area contributed by atoms with E-state index in [1.165, 1.54) is 0 Å². The van der Waals surface area contributed by atoms with Gasteiger partial charge in [0.05, 0.1) is 0 Å². The molecule has 0 heterocycles. The molecule has 0 saturated heterocycles. The van der Waals surface area contributed by atoms with E-state index in [2.05, 4.69) is 52.0 Å². The first kappa shape index (κ1) is 14.0. The molecule has 0 aromatic rings. The highest BCUT2D eigenvalue weighted by atomic mass is 13.9. The molecule has 0 heteroatoms. The van der Waals surface area contributed by atoms with Gasteiger partial charge in [0.2, 0.25) is 0 Å². The second-order valence-corrected chi connectivity index (χ2v) is 3.26. The van der Waals surface area contributed by atoms with Gasteiger partial charge >= 0.3 is 0 Å². The lowest BCUT2D eigenvalue weighted by atomic mass is 10.2. The molecule has 0 N–H and O–H groups in total. The Hall–Kier alpha value is -0.520. The number of rotatable bonds is 3. The largest absolute Gasteiger partial charge is 0.0820 e. The van der Waals surface area contributed by atoms with Gasteiger partial charge in [-0.25, -0.2) is 0 Å². The van der Waals surface area contributed by atoms with Crippen molar-refractivity contribution in [2.45, 2.75) is 41.5 Å². The fourth-order valence-electron chi connectivity index (χ4n) is 0.573. The Kier molecular flexibility index (Phi) is 12.3. The van der Waals surface area contributed by atoms with E-state index in [1.807, 2.05) is 13.8 Å². The SMILES string of the molecule is CC.CC(C)/C=C\C=C/C(C)C. The van der Waals surface area contributed by atoms with Gasteiger partial charge in [0.15, 0.2) is 0 Å². The minimum absolute atomic E-state index is 0.664. The maximum Gasteiger partial charge on any atom is -0.0287 e. The van der Waals surface area contributed by atoms with Gasteiger partial charge in [-0.15, -0.1) is 0 Å². The molecule has 0 aliphatic rings. The lowest BCUT2D eigenvalue weighted by Crippen LogP contribution is -1.77. The van der Waals surface area contributed by atoms with E-state index in [4.69, 9.17) is 0 Å². The average molecular weight is 168 g/mol. The van der Waals surface area contributed by atoms with Gasteiger partial charge in [-0.3, -0.25) is 0 Å². The Balaban J connectivity index is 0. The summed E-state index contributed by atoms with van der Waals surface area (Å²) in [5.74, 6) is 1.33. The highest BCUT2D eigenvalue weighted by Gasteiger charge is 1.81. The van der Waals surface area contributed by atoms with E-state index in [-0.39, 0.29) is 0 Å². The monoisotopic (exact) mass is 168 g/mol. The molecule has 0 bridgehead atoms. The van der Waals surface area contributed by atoms with Crippen LogP contribution in [0.5, 0.6) is 0 Å². The normalized spacial score (nSPS) is 11.3. The molecule has 0 atom stereocenters. The van der Waals surface area contributed by atoms with Crippen LogP contribution in [0.15, 0.2) is 24.3 Å². The molecule has 0 unspecified atom stereocenters. The molecule has 0 fully saturated rings. The van der Waals surface area contributed by atoms with Gasteiger partial charge in [-0.2, -0.15) is 0 Å². The Bertz CT molecular complexity index is 100. The van der Waals surface area contributed by atoms with Crippen LogP contribution in [0, 0.1) is 11.8 Å². The summed E-state index contributed by atoms with van der Waals surface area (Å²) in [6.45, 7) is 12.7. The van der Waals surface area contributed by atoms with Crippen molar-refractivity contribution in [2.75, 3.05) is 0 Å². The summed E-state index contributed by atoms with van der Waals surface area (Å²) < 4.78 is 0. The first-order valence-corrected chi connectivity index (χ1v) is 4.98. The second-order valence-electron chi connectivity index (χ2n) is 3.26. The average Bonchev–Trinajstić information content (AvgIpc) is 2.02. The number of hydrogen-bond acceptors (Lipinski definition) is 0. The standard InChI is InChI=1S/C10H18.C2H6/c1-9(2)7-5-6-8-10(3)4;1-2/h5-10H,1-4H3;1-2H3/b7-5-,8-6-;. The van der Waals surface area contributed by atoms with E-state index in [1.54, 1.807) is 0 Å². The van der Waals surface area contributed by atoms with Crippen molar-refractivity contribution in [1.29, 1.82) is 0 Å². The molecular formula is C12H24. The molecule has 0 spiro atoms. The summed E-state index contributed by atoms with van der Waals surface area (Å²) in [7, 11) is 0. The van der Waals surface area contributed by atoms with Crippen molar-refractivity contribution >= 4 is 0 Å². The Morgan fingerprint density at radius 3 is 1.08 bits per heavy atom. The summed E-state index contributed by atoms with van der Waals surface area (Å²) in [5, 5.41) is 0. The molecule has 0 aliphatic heterocycles. The van der Waals surface area contributed by atoms with Crippen molar-refractivity contribution in [3.8, 4) is 0 Å². The molecule has 0 rings (SSSR count). The Labute approximate surface area is 78.4 Å². The highest BCUT2D eigenvalue weighted by molar-refractivity contribution is 5.04. The fourth-order valence-corrected chi connectivity index (χ4v) is 0.573. The maximum atomic E-state index is 2.19. The second kappa shape index (κ2) is 10.5. The molecule has 0 nitrogen and oxygen atoms in total. The maximum absolute atomic E-state index is 2.19. The van der Waals surface area contributed by atoms with E-state index >= 15 is 0 Å². The summed E-state index contributed by atoms with van der Waals surface area (Å²) in [6, 6.07) is 0. The molecule has 0 saturated carbocycles. The van der Waals surface area contributed by atoms with Gasteiger partial charge in [0, 0.05) is 0 Å². The minimum Gasteiger partial charge on any atom is -0.0820 e. The van der Waals surface area contributed by atoms with Crippen LogP contribution in [-0.2, 0) is 0 Å². The van der Waals surface area contributed by atoms with E-state index in [0.717, 1.165) is 0 Å². The number of allylic oxidation sites excluding steroid dienone is 4. The highest BCUT2D eigenvalue weighted by Crippen LogP contribution is 1.96. The summed E-state index contributed by atoms with van der Waals surface area (Å²) >= 11 is 0. The molecule has 0 amide bonds. The van der Waals surface area contributed by atoms with Crippen LogP contribution in [-0.4, -0.2) is 0 Å². The molecule has 0 aromatic heterocycles. The van der Waals surface area contributed by atoms with Crippen molar-refractivity contribution in [3.05, 3.63) is 24.3 Å². The van der Waals surface area contributed by atoms with Crippen molar-refractivity contribution in [1.82, 2.24) is 0 Å². The fraction of sp³-hybridized carbons (Fsp3) is 0.667. The van der Waals surface area contributed by atoms with Crippen LogP contribution in [0.2, 0.25) is 0 Å². The quantitative estimate of drug-likeness (QED) is 0.547. The first-order valence-electron chi connectivity index (χ1n) is 4.98. The van der Waals surface area contributed by atoms with Crippen LogP contribution < -0.4 is 0 Å².